The van der Waals surface area contributed by atoms with Crippen molar-refractivity contribution < 1.29 is 14.3 Å². The molecule has 2 aromatic rings. The Hall–Kier alpha value is -2.82. The minimum atomic E-state index is -0.131. The molecule has 2 aromatic carbocycles. The molecule has 24 heavy (non-hydrogen) atoms. The van der Waals surface area contributed by atoms with Gasteiger partial charge < -0.3 is 15.0 Å². The van der Waals surface area contributed by atoms with Crippen LogP contribution in [0.4, 0.5) is 11.4 Å². The molecule has 1 N–H and O–H groups in total. The number of amides is 2. The standard InChI is InChI=1S/C19H20N2O3/c1-13-6-5-7-14(2)19(13)20-17(22)10-11-21-15-8-3-4-9-16(15)24-12-18(21)23/h3-9H,10-12H2,1-2H3,(H,20,22). The smallest absolute Gasteiger partial charge is 0.265 e. The highest BCUT2D eigenvalue weighted by Crippen LogP contribution is 2.31. The second kappa shape index (κ2) is 6.74. The van der Waals surface area contributed by atoms with E-state index in [1.54, 1.807) is 4.90 Å². The van der Waals surface area contributed by atoms with Gasteiger partial charge in [-0.1, -0.05) is 30.3 Å². The van der Waals surface area contributed by atoms with Gasteiger partial charge in [0.1, 0.15) is 5.75 Å². The summed E-state index contributed by atoms with van der Waals surface area (Å²) in [5.74, 6) is 0.435. The number of anilines is 2. The molecule has 0 bridgehead atoms. The number of nitrogens with one attached hydrogen (secondary N) is 1. The molecule has 5 heteroatoms. The zero-order valence-corrected chi connectivity index (χ0v) is 13.8. The molecular weight excluding hydrogens is 304 g/mol. The Balaban J connectivity index is 1.67. The Labute approximate surface area is 141 Å². The first kappa shape index (κ1) is 16.1. The fraction of sp³-hybridized carbons (Fsp3) is 0.263. The molecule has 3 rings (SSSR count). The first-order valence-corrected chi connectivity index (χ1v) is 7.94. The van der Waals surface area contributed by atoms with E-state index in [1.165, 1.54) is 0 Å². The van der Waals surface area contributed by atoms with Crippen molar-refractivity contribution in [3.63, 3.8) is 0 Å². The Morgan fingerprint density at radius 3 is 2.58 bits per heavy atom. The van der Waals surface area contributed by atoms with Gasteiger partial charge >= 0.3 is 0 Å². The van der Waals surface area contributed by atoms with Crippen LogP contribution in [0.1, 0.15) is 17.5 Å². The van der Waals surface area contributed by atoms with E-state index in [9.17, 15) is 9.59 Å². The molecule has 0 aliphatic carbocycles. The summed E-state index contributed by atoms with van der Waals surface area (Å²) in [6.07, 6.45) is 0.230. The number of nitrogens with zero attached hydrogens (tertiary/aromatic N) is 1. The van der Waals surface area contributed by atoms with Gasteiger partial charge in [-0.05, 0) is 37.1 Å². The summed E-state index contributed by atoms with van der Waals surface area (Å²) < 4.78 is 5.41. The molecule has 5 nitrogen and oxygen atoms in total. The monoisotopic (exact) mass is 324 g/mol. The molecule has 0 atom stereocenters. The van der Waals surface area contributed by atoms with E-state index >= 15 is 0 Å². The first-order chi connectivity index (χ1) is 11.6. The van der Waals surface area contributed by atoms with Crippen LogP contribution >= 0.6 is 0 Å². The van der Waals surface area contributed by atoms with Gasteiger partial charge in [-0.3, -0.25) is 9.59 Å². The molecule has 0 saturated heterocycles. The van der Waals surface area contributed by atoms with E-state index in [0.717, 1.165) is 16.8 Å². The third kappa shape index (κ3) is 3.25. The molecule has 2 amide bonds. The van der Waals surface area contributed by atoms with Gasteiger partial charge in [0.25, 0.3) is 5.91 Å². The highest BCUT2D eigenvalue weighted by atomic mass is 16.5. The quantitative estimate of drug-likeness (QED) is 0.940. The van der Waals surface area contributed by atoms with E-state index in [0.29, 0.717) is 18.0 Å². The number of hydrogen-bond donors (Lipinski definition) is 1. The summed E-state index contributed by atoms with van der Waals surface area (Å²) in [5.41, 5.74) is 3.61. The van der Waals surface area contributed by atoms with Crippen molar-refractivity contribution in [1.82, 2.24) is 0 Å². The average Bonchev–Trinajstić information content (AvgIpc) is 2.57. The van der Waals surface area contributed by atoms with Crippen LogP contribution in [0.15, 0.2) is 42.5 Å². The molecule has 0 radical (unpaired) electrons. The zero-order chi connectivity index (χ0) is 17.1. The molecule has 1 aliphatic rings. The van der Waals surface area contributed by atoms with Gasteiger partial charge in [0.15, 0.2) is 6.61 Å². The van der Waals surface area contributed by atoms with E-state index < -0.39 is 0 Å². The number of carbonyl (C=O) groups excluding carboxylic acids is 2. The Kier molecular flexibility index (Phi) is 4.51. The maximum atomic E-state index is 12.3. The van der Waals surface area contributed by atoms with Crippen LogP contribution in [-0.4, -0.2) is 25.0 Å². The first-order valence-electron chi connectivity index (χ1n) is 7.94. The lowest BCUT2D eigenvalue weighted by Crippen LogP contribution is -2.40. The summed E-state index contributed by atoms with van der Waals surface area (Å²) in [5, 5.41) is 2.95. The maximum Gasteiger partial charge on any atom is 0.265 e. The molecular formula is C19H20N2O3. The van der Waals surface area contributed by atoms with Crippen LogP contribution in [-0.2, 0) is 9.59 Å². The number of hydrogen-bond acceptors (Lipinski definition) is 3. The average molecular weight is 324 g/mol. The molecule has 0 fully saturated rings. The maximum absolute atomic E-state index is 12.3. The minimum Gasteiger partial charge on any atom is -0.482 e. The fourth-order valence-corrected chi connectivity index (χ4v) is 2.83. The number of rotatable bonds is 4. The molecule has 1 aliphatic heterocycles. The lowest BCUT2D eigenvalue weighted by Gasteiger charge is -2.29. The van der Waals surface area contributed by atoms with Crippen molar-refractivity contribution >= 4 is 23.2 Å². The van der Waals surface area contributed by atoms with Crippen LogP contribution < -0.4 is 15.0 Å². The fourth-order valence-electron chi connectivity index (χ4n) is 2.83. The van der Waals surface area contributed by atoms with E-state index in [1.807, 2.05) is 56.3 Å². The van der Waals surface area contributed by atoms with Crippen LogP contribution in [0.3, 0.4) is 0 Å². The molecule has 0 unspecified atom stereocenters. The highest BCUT2D eigenvalue weighted by Gasteiger charge is 2.25. The largest absolute Gasteiger partial charge is 0.482 e. The lowest BCUT2D eigenvalue weighted by molar-refractivity contribution is -0.121. The van der Waals surface area contributed by atoms with Gasteiger partial charge in [0, 0.05) is 18.7 Å². The molecule has 0 spiro atoms. The van der Waals surface area contributed by atoms with Crippen molar-refractivity contribution in [2.75, 3.05) is 23.4 Å². The van der Waals surface area contributed by atoms with Crippen molar-refractivity contribution in [3.8, 4) is 5.75 Å². The second-order valence-electron chi connectivity index (χ2n) is 5.87. The van der Waals surface area contributed by atoms with Crippen LogP contribution in [0.2, 0.25) is 0 Å². The Morgan fingerprint density at radius 2 is 1.83 bits per heavy atom. The van der Waals surface area contributed by atoms with Crippen molar-refractivity contribution in [2.24, 2.45) is 0 Å². The predicted octanol–water partition coefficient (Wildman–Crippen LogP) is 3.06. The van der Waals surface area contributed by atoms with E-state index in [2.05, 4.69) is 5.32 Å². The highest BCUT2D eigenvalue weighted by molar-refractivity contribution is 5.99. The summed E-state index contributed by atoms with van der Waals surface area (Å²) in [6, 6.07) is 13.3. The third-order valence-electron chi connectivity index (χ3n) is 4.12. The van der Waals surface area contributed by atoms with Crippen molar-refractivity contribution in [3.05, 3.63) is 53.6 Å². The predicted molar refractivity (Wildman–Crippen MR) is 93.5 cm³/mol. The lowest BCUT2D eigenvalue weighted by atomic mass is 10.1. The number of carbonyl (C=O) groups is 2. The molecule has 0 aromatic heterocycles. The van der Waals surface area contributed by atoms with Gasteiger partial charge in [-0.25, -0.2) is 0 Å². The SMILES string of the molecule is Cc1cccc(C)c1NC(=O)CCN1C(=O)COc2ccccc21. The summed E-state index contributed by atoms with van der Waals surface area (Å²) in [4.78, 5) is 26.0. The molecule has 0 saturated carbocycles. The molecule has 1 heterocycles. The van der Waals surface area contributed by atoms with Crippen molar-refractivity contribution in [1.29, 1.82) is 0 Å². The summed E-state index contributed by atoms with van der Waals surface area (Å²) in [6.45, 7) is 4.26. The zero-order valence-electron chi connectivity index (χ0n) is 13.8. The topological polar surface area (TPSA) is 58.6 Å². The third-order valence-corrected chi connectivity index (χ3v) is 4.12. The number of benzene rings is 2. The minimum absolute atomic E-state index is 0.00946. The van der Waals surface area contributed by atoms with E-state index in [4.69, 9.17) is 4.74 Å². The van der Waals surface area contributed by atoms with Crippen molar-refractivity contribution in [2.45, 2.75) is 20.3 Å². The second-order valence-corrected chi connectivity index (χ2v) is 5.87. The normalized spacial score (nSPS) is 13.2. The van der Waals surface area contributed by atoms with Crippen LogP contribution in [0.5, 0.6) is 5.75 Å². The van der Waals surface area contributed by atoms with Gasteiger partial charge in [0.05, 0.1) is 5.69 Å². The van der Waals surface area contributed by atoms with Gasteiger partial charge in [-0.2, -0.15) is 0 Å². The van der Waals surface area contributed by atoms with Gasteiger partial charge in [0.2, 0.25) is 5.91 Å². The number of ether oxygens (including phenoxy) is 1. The van der Waals surface area contributed by atoms with Crippen LogP contribution in [0, 0.1) is 13.8 Å². The number of para-hydroxylation sites is 3. The Bertz CT molecular complexity index is 766. The molecule has 124 valence electrons. The van der Waals surface area contributed by atoms with Gasteiger partial charge in [-0.15, -0.1) is 0 Å². The Morgan fingerprint density at radius 1 is 1.12 bits per heavy atom. The summed E-state index contributed by atoms with van der Waals surface area (Å²) in [7, 11) is 0. The van der Waals surface area contributed by atoms with E-state index in [-0.39, 0.29) is 24.8 Å². The number of aryl methyl sites for hydroxylation is 2. The summed E-state index contributed by atoms with van der Waals surface area (Å²) >= 11 is 0. The number of fused-ring (bicyclic) bond motifs is 1. The van der Waals surface area contributed by atoms with Crippen LogP contribution in [0.25, 0.3) is 0 Å².